The largest absolute Gasteiger partial charge is 0.508 e. The molecule has 1 aliphatic rings. The van der Waals surface area contributed by atoms with Crippen LogP contribution >= 0.6 is 0 Å². The van der Waals surface area contributed by atoms with Crippen LogP contribution in [-0.4, -0.2) is 24.2 Å². The molecule has 1 heterocycles. The lowest BCUT2D eigenvalue weighted by Gasteiger charge is -2.07. The molecule has 4 nitrogen and oxygen atoms in total. The van der Waals surface area contributed by atoms with Crippen molar-refractivity contribution in [3.05, 3.63) is 59.2 Å². The highest BCUT2D eigenvalue weighted by atomic mass is 16.5. The molecule has 4 heteroatoms. The number of rotatable bonds is 4. The fraction of sp³-hybridized carbons (Fsp3) is 0.235. The Kier molecular flexibility index (Phi) is 3.77. The number of phenolic OH excluding ortho intramolecular Hbond substituents is 1. The van der Waals surface area contributed by atoms with E-state index in [1.807, 2.05) is 12.1 Å². The van der Waals surface area contributed by atoms with E-state index in [1.165, 1.54) is 17.2 Å². The molecule has 0 bridgehead atoms. The summed E-state index contributed by atoms with van der Waals surface area (Å²) in [5.74, 6) is 0.902. The normalized spacial score (nSPS) is 12.6. The van der Waals surface area contributed by atoms with Crippen molar-refractivity contribution in [1.82, 2.24) is 5.32 Å². The van der Waals surface area contributed by atoms with E-state index in [0.717, 1.165) is 25.2 Å². The van der Waals surface area contributed by atoms with E-state index in [2.05, 4.69) is 11.4 Å². The van der Waals surface area contributed by atoms with Crippen LogP contribution in [0.1, 0.15) is 21.5 Å². The Labute approximate surface area is 123 Å². The van der Waals surface area contributed by atoms with Crippen LogP contribution in [-0.2, 0) is 12.8 Å². The lowest BCUT2D eigenvalue weighted by Crippen LogP contribution is -2.25. The van der Waals surface area contributed by atoms with Crippen molar-refractivity contribution in [1.29, 1.82) is 0 Å². The molecule has 21 heavy (non-hydrogen) atoms. The number of aromatic hydroxyl groups is 1. The smallest absolute Gasteiger partial charge is 0.251 e. The van der Waals surface area contributed by atoms with Crippen LogP contribution in [0.15, 0.2) is 42.5 Å². The van der Waals surface area contributed by atoms with Gasteiger partial charge in [0.1, 0.15) is 11.5 Å². The summed E-state index contributed by atoms with van der Waals surface area (Å²) >= 11 is 0. The fourth-order valence-corrected chi connectivity index (χ4v) is 2.47. The first-order chi connectivity index (χ1) is 10.2. The molecule has 1 aliphatic heterocycles. The number of amides is 1. The molecule has 0 aromatic heterocycles. The second kappa shape index (κ2) is 5.87. The number of nitrogens with one attached hydrogen (secondary N) is 1. The first-order valence-corrected chi connectivity index (χ1v) is 7.04. The van der Waals surface area contributed by atoms with Gasteiger partial charge >= 0.3 is 0 Å². The number of benzene rings is 2. The van der Waals surface area contributed by atoms with E-state index in [-0.39, 0.29) is 11.7 Å². The Morgan fingerprint density at radius 2 is 2.14 bits per heavy atom. The van der Waals surface area contributed by atoms with Crippen molar-refractivity contribution in [2.24, 2.45) is 0 Å². The standard InChI is InChI=1S/C17H17NO3/c19-15-3-1-2-14(11-15)17(20)18-8-6-12-4-5-16-13(10-12)7-9-21-16/h1-5,10-11,19H,6-9H2,(H,18,20). The zero-order chi connectivity index (χ0) is 14.7. The summed E-state index contributed by atoms with van der Waals surface area (Å²) in [5.41, 5.74) is 2.90. The van der Waals surface area contributed by atoms with Crippen LogP contribution in [0.4, 0.5) is 0 Å². The van der Waals surface area contributed by atoms with Gasteiger partial charge in [0, 0.05) is 18.5 Å². The first kappa shape index (κ1) is 13.5. The van der Waals surface area contributed by atoms with Gasteiger partial charge in [-0.15, -0.1) is 0 Å². The monoisotopic (exact) mass is 283 g/mol. The number of carbonyl (C=O) groups is 1. The number of hydrogen-bond donors (Lipinski definition) is 2. The molecular weight excluding hydrogens is 266 g/mol. The van der Waals surface area contributed by atoms with E-state index < -0.39 is 0 Å². The van der Waals surface area contributed by atoms with Gasteiger partial charge in [-0.2, -0.15) is 0 Å². The van der Waals surface area contributed by atoms with Gasteiger partial charge in [0.05, 0.1) is 6.61 Å². The van der Waals surface area contributed by atoms with Gasteiger partial charge in [-0.1, -0.05) is 18.2 Å². The van der Waals surface area contributed by atoms with Crippen LogP contribution in [0, 0.1) is 0 Å². The maximum absolute atomic E-state index is 11.9. The van der Waals surface area contributed by atoms with Gasteiger partial charge < -0.3 is 15.2 Å². The van der Waals surface area contributed by atoms with Crippen molar-refractivity contribution in [3.8, 4) is 11.5 Å². The third kappa shape index (κ3) is 3.16. The molecule has 108 valence electrons. The van der Waals surface area contributed by atoms with Crippen molar-refractivity contribution in [2.75, 3.05) is 13.2 Å². The van der Waals surface area contributed by atoms with Gasteiger partial charge in [-0.05, 0) is 41.8 Å². The Balaban J connectivity index is 1.55. The quantitative estimate of drug-likeness (QED) is 0.905. The molecule has 2 aromatic carbocycles. The minimum Gasteiger partial charge on any atom is -0.508 e. The molecule has 0 radical (unpaired) electrons. The topological polar surface area (TPSA) is 58.6 Å². The molecule has 2 N–H and O–H groups in total. The number of carbonyl (C=O) groups excluding carboxylic acids is 1. The zero-order valence-corrected chi connectivity index (χ0v) is 11.6. The van der Waals surface area contributed by atoms with Crippen LogP contribution in [0.25, 0.3) is 0 Å². The summed E-state index contributed by atoms with van der Waals surface area (Å²) in [7, 11) is 0. The summed E-state index contributed by atoms with van der Waals surface area (Å²) in [4.78, 5) is 11.9. The minimum atomic E-state index is -0.171. The van der Waals surface area contributed by atoms with Crippen LogP contribution in [0.3, 0.4) is 0 Å². The SMILES string of the molecule is O=C(NCCc1ccc2c(c1)CCO2)c1cccc(O)c1. The van der Waals surface area contributed by atoms with Crippen molar-refractivity contribution in [2.45, 2.75) is 12.8 Å². The van der Waals surface area contributed by atoms with Gasteiger partial charge in [0.25, 0.3) is 5.91 Å². The molecule has 0 saturated carbocycles. The third-order valence-electron chi connectivity index (χ3n) is 3.56. The lowest BCUT2D eigenvalue weighted by molar-refractivity contribution is 0.0953. The van der Waals surface area contributed by atoms with E-state index >= 15 is 0 Å². The third-order valence-corrected chi connectivity index (χ3v) is 3.56. The summed E-state index contributed by atoms with van der Waals surface area (Å²) < 4.78 is 5.47. The fourth-order valence-electron chi connectivity index (χ4n) is 2.47. The summed E-state index contributed by atoms with van der Waals surface area (Å²) in [5, 5.41) is 12.2. The Morgan fingerprint density at radius 3 is 3.00 bits per heavy atom. The van der Waals surface area contributed by atoms with Crippen molar-refractivity contribution in [3.63, 3.8) is 0 Å². The zero-order valence-electron chi connectivity index (χ0n) is 11.6. The molecule has 3 rings (SSSR count). The Hall–Kier alpha value is -2.49. The molecule has 0 unspecified atom stereocenters. The van der Waals surface area contributed by atoms with E-state index in [4.69, 9.17) is 4.74 Å². The highest BCUT2D eigenvalue weighted by Crippen LogP contribution is 2.25. The highest BCUT2D eigenvalue weighted by Gasteiger charge is 2.12. The number of ether oxygens (including phenoxy) is 1. The van der Waals surface area contributed by atoms with Crippen LogP contribution in [0.2, 0.25) is 0 Å². The summed E-state index contributed by atoms with van der Waals surface area (Å²) in [6.07, 6.45) is 1.73. The van der Waals surface area contributed by atoms with E-state index in [9.17, 15) is 9.90 Å². The Bertz CT molecular complexity index is 667. The molecule has 2 aromatic rings. The summed E-state index contributed by atoms with van der Waals surface area (Å²) in [6.45, 7) is 1.32. The molecular formula is C17H17NO3. The van der Waals surface area contributed by atoms with Gasteiger partial charge in [0.15, 0.2) is 0 Å². The first-order valence-electron chi connectivity index (χ1n) is 7.04. The number of fused-ring (bicyclic) bond motifs is 1. The lowest BCUT2D eigenvalue weighted by atomic mass is 10.1. The second-order valence-corrected chi connectivity index (χ2v) is 5.10. The number of phenols is 1. The summed E-state index contributed by atoms with van der Waals surface area (Å²) in [6, 6.07) is 12.5. The molecule has 0 atom stereocenters. The Morgan fingerprint density at radius 1 is 1.24 bits per heavy atom. The maximum atomic E-state index is 11.9. The molecule has 0 spiro atoms. The molecule has 1 amide bonds. The van der Waals surface area contributed by atoms with Gasteiger partial charge in [-0.3, -0.25) is 4.79 Å². The van der Waals surface area contributed by atoms with Gasteiger partial charge in [0.2, 0.25) is 0 Å². The van der Waals surface area contributed by atoms with Crippen LogP contribution in [0.5, 0.6) is 11.5 Å². The molecule has 0 saturated heterocycles. The maximum Gasteiger partial charge on any atom is 0.251 e. The van der Waals surface area contributed by atoms with Crippen molar-refractivity contribution < 1.29 is 14.6 Å². The highest BCUT2D eigenvalue weighted by molar-refractivity contribution is 5.94. The second-order valence-electron chi connectivity index (χ2n) is 5.10. The molecule has 0 aliphatic carbocycles. The van der Waals surface area contributed by atoms with Gasteiger partial charge in [-0.25, -0.2) is 0 Å². The van der Waals surface area contributed by atoms with Crippen molar-refractivity contribution >= 4 is 5.91 Å². The average Bonchev–Trinajstić information content (AvgIpc) is 2.94. The van der Waals surface area contributed by atoms with E-state index in [1.54, 1.807) is 18.2 Å². The predicted octanol–water partition coefficient (Wildman–Crippen LogP) is 2.30. The molecule has 0 fully saturated rings. The minimum absolute atomic E-state index is 0.0984. The number of hydrogen-bond acceptors (Lipinski definition) is 3. The predicted molar refractivity (Wildman–Crippen MR) is 79.8 cm³/mol. The van der Waals surface area contributed by atoms with E-state index in [0.29, 0.717) is 12.1 Å². The average molecular weight is 283 g/mol. The van der Waals surface area contributed by atoms with Crippen LogP contribution < -0.4 is 10.1 Å².